The Morgan fingerprint density at radius 2 is 1.09 bits per heavy atom. The van der Waals surface area contributed by atoms with Gasteiger partial charge in [0.25, 0.3) is 0 Å². The number of aliphatic hydroxyl groups excluding tert-OH is 1. The Kier molecular flexibility index (Phi) is 13.1. The van der Waals surface area contributed by atoms with E-state index in [1.807, 2.05) is 121 Å². The molecule has 1 heterocycles. The van der Waals surface area contributed by atoms with Crippen LogP contribution in [-0.2, 0) is 54.8 Å². The van der Waals surface area contributed by atoms with Crippen molar-refractivity contribution in [3.8, 4) is 0 Å². The Hall–Kier alpha value is -3.66. The monoisotopic (exact) mass is 624 g/mol. The Labute approximate surface area is 272 Å². The van der Waals surface area contributed by atoms with Gasteiger partial charge in [0, 0.05) is 6.61 Å². The summed E-state index contributed by atoms with van der Waals surface area (Å²) < 4.78 is 39.6. The van der Waals surface area contributed by atoms with E-state index in [1.165, 1.54) is 0 Å². The standard InChI is InChI=1S/C39H44O7/c1-2-39(45-25-15-24-40)38(44-29-34-22-13-6-14-23-34)37(43-28-33-20-11-5-12-21-33)36(42-27-32-18-9-4-10-19-32)35(46-39)30-41-26-31-16-7-3-8-17-31/h2-14,16-23,35-38,40H,1,15,24-30H2/t35-,36+,37+,38-,39+/m1/s1. The third kappa shape index (κ3) is 9.44. The molecule has 5 atom stereocenters. The SMILES string of the molecule is C=C[C@]1(OCCCO)O[C@H](COCc2ccccc2)[C@H](OCc2ccccc2)[C@H](OCc2ccccc2)[C@H]1OCc1ccccc1. The van der Waals surface area contributed by atoms with E-state index in [2.05, 4.69) is 6.58 Å². The van der Waals surface area contributed by atoms with E-state index in [0.29, 0.717) is 32.8 Å². The van der Waals surface area contributed by atoms with Crippen molar-refractivity contribution in [1.82, 2.24) is 0 Å². The summed E-state index contributed by atoms with van der Waals surface area (Å²) in [6, 6.07) is 40.0. The smallest absolute Gasteiger partial charge is 0.217 e. The fraction of sp³-hybridized carbons (Fsp3) is 0.333. The lowest BCUT2D eigenvalue weighted by molar-refractivity contribution is -0.364. The van der Waals surface area contributed by atoms with Crippen LogP contribution in [0.1, 0.15) is 28.7 Å². The van der Waals surface area contributed by atoms with Gasteiger partial charge >= 0.3 is 0 Å². The molecule has 0 radical (unpaired) electrons. The molecule has 46 heavy (non-hydrogen) atoms. The number of aliphatic hydroxyl groups is 1. The molecule has 0 spiro atoms. The average Bonchev–Trinajstić information content (AvgIpc) is 3.11. The van der Waals surface area contributed by atoms with Gasteiger partial charge in [0.1, 0.15) is 24.4 Å². The quantitative estimate of drug-likeness (QED) is 0.0983. The molecule has 0 saturated carbocycles. The molecule has 1 saturated heterocycles. The largest absolute Gasteiger partial charge is 0.396 e. The van der Waals surface area contributed by atoms with Crippen LogP contribution in [0.15, 0.2) is 134 Å². The Bertz CT molecular complexity index is 1400. The maximum atomic E-state index is 9.59. The molecular formula is C39H44O7. The van der Waals surface area contributed by atoms with Crippen molar-refractivity contribution in [2.75, 3.05) is 19.8 Å². The molecule has 1 fully saturated rings. The number of hydrogen-bond donors (Lipinski definition) is 1. The maximum Gasteiger partial charge on any atom is 0.217 e. The zero-order chi connectivity index (χ0) is 31.9. The van der Waals surface area contributed by atoms with Gasteiger partial charge in [-0.3, -0.25) is 0 Å². The fourth-order valence-electron chi connectivity index (χ4n) is 5.50. The van der Waals surface area contributed by atoms with E-state index in [0.717, 1.165) is 22.3 Å². The topological polar surface area (TPSA) is 75.6 Å². The van der Waals surface area contributed by atoms with Crippen molar-refractivity contribution in [1.29, 1.82) is 0 Å². The zero-order valence-electron chi connectivity index (χ0n) is 26.2. The minimum atomic E-state index is -1.40. The lowest BCUT2D eigenvalue weighted by atomic mass is 9.91. The summed E-state index contributed by atoms with van der Waals surface area (Å²) in [5.74, 6) is -1.40. The van der Waals surface area contributed by atoms with Crippen LogP contribution in [0.3, 0.4) is 0 Å². The second kappa shape index (κ2) is 17.9. The third-order valence-electron chi connectivity index (χ3n) is 7.87. The highest BCUT2D eigenvalue weighted by Crippen LogP contribution is 2.39. The van der Waals surface area contributed by atoms with E-state index in [9.17, 15) is 5.11 Å². The van der Waals surface area contributed by atoms with Crippen LogP contribution in [0.2, 0.25) is 0 Å². The van der Waals surface area contributed by atoms with Gasteiger partial charge in [-0.25, -0.2) is 0 Å². The second-order valence-corrected chi connectivity index (χ2v) is 11.2. The summed E-state index contributed by atoms with van der Waals surface area (Å²) in [4.78, 5) is 0. The Morgan fingerprint density at radius 3 is 1.57 bits per heavy atom. The third-order valence-corrected chi connectivity index (χ3v) is 7.87. The molecule has 4 aromatic carbocycles. The molecule has 4 aromatic rings. The molecule has 7 heteroatoms. The maximum absolute atomic E-state index is 9.59. The predicted molar refractivity (Wildman–Crippen MR) is 177 cm³/mol. The van der Waals surface area contributed by atoms with E-state index in [1.54, 1.807) is 6.08 Å². The number of rotatable bonds is 18. The Morgan fingerprint density at radius 1 is 0.630 bits per heavy atom. The highest BCUT2D eigenvalue weighted by Gasteiger charge is 2.56. The molecular weight excluding hydrogens is 580 g/mol. The first-order valence-corrected chi connectivity index (χ1v) is 15.9. The average molecular weight is 625 g/mol. The molecule has 1 aliphatic rings. The summed E-state index contributed by atoms with van der Waals surface area (Å²) in [5.41, 5.74) is 4.08. The molecule has 0 aromatic heterocycles. The summed E-state index contributed by atoms with van der Waals surface area (Å²) in [6.45, 7) is 5.92. The van der Waals surface area contributed by atoms with Gasteiger partial charge in [-0.1, -0.05) is 128 Å². The van der Waals surface area contributed by atoms with Gasteiger partial charge in [0.2, 0.25) is 5.79 Å². The first-order chi connectivity index (χ1) is 22.7. The van der Waals surface area contributed by atoms with Crippen molar-refractivity contribution < 1.29 is 33.5 Å². The van der Waals surface area contributed by atoms with Crippen molar-refractivity contribution in [3.05, 3.63) is 156 Å². The molecule has 0 bridgehead atoms. The number of benzene rings is 4. The van der Waals surface area contributed by atoms with Gasteiger partial charge in [-0.2, -0.15) is 0 Å². The molecule has 242 valence electrons. The van der Waals surface area contributed by atoms with Gasteiger partial charge in [-0.05, 0) is 34.8 Å². The van der Waals surface area contributed by atoms with Crippen molar-refractivity contribution in [2.24, 2.45) is 0 Å². The fourth-order valence-corrected chi connectivity index (χ4v) is 5.50. The number of hydrogen-bond acceptors (Lipinski definition) is 7. The molecule has 0 unspecified atom stereocenters. The van der Waals surface area contributed by atoms with Crippen molar-refractivity contribution in [2.45, 2.75) is 63.1 Å². The first kappa shape index (κ1) is 33.7. The summed E-state index contributed by atoms with van der Waals surface area (Å²) in [6.07, 6.45) is -0.538. The van der Waals surface area contributed by atoms with Crippen molar-refractivity contribution in [3.63, 3.8) is 0 Å². The van der Waals surface area contributed by atoms with Crippen LogP contribution in [-0.4, -0.2) is 55.1 Å². The van der Waals surface area contributed by atoms with Crippen LogP contribution < -0.4 is 0 Å². The van der Waals surface area contributed by atoms with Gasteiger partial charge in [-0.15, -0.1) is 0 Å². The Balaban J connectivity index is 1.49. The lowest BCUT2D eigenvalue weighted by Crippen LogP contribution is -2.67. The van der Waals surface area contributed by atoms with Crippen LogP contribution in [0.5, 0.6) is 0 Å². The molecule has 1 N–H and O–H groups in total. The minimum Gasteiger partial charge on any atom is -0.396 e. The van der Waals surface area contributed by atoms with E-state index in [4.69, 9.17) is 28.4 Å². The molecule has 5 rings (SSSR count). The lowest BCUT2D eigenvalue weighted by Gasteiger charge is -2.51. The summed E-state index contributed by atoms with van der Waals surface area (Å²) in [5, 5.41) is 9.59. The molecule has 7 nitrogen and oxygen atoms in total. The normalized spacial score (nSPS) is 22.8. The number of ether oxygens (including phenoxy) is 6. The van der Waals surface area contributed by atoms with Crippen LogP contribution >= 0.6 is 0 Å². The van der Waals surface area contributed by atoms with Crippen LogP contribution in [0, 0.1) is 0 Å². The molecule has 0 amide bonds. The summed E-state index contributed by atoms with van der Waals surface area (Å²) >= 11 is 0. The van der Waals surface area contributed by atoms with Gasteiger partial charge < -0.3 is 33.5 Å². The van der Waals surface area contributed by atoms with Crippen LogP contribution in [0.4, 0.5) is 0 Å². The van der Waals surface area contributed by atoms with Gasteiger partial charge in [0.15, 0.2) is 0 Å². The highest BCUT2D eigenvalue weighted by molar-refractivity contribution is 5.17. The van der Waals surface area contributed by atoms with Gasteiger partial charge in [0.05, 0.1) is 39.6 Å². The second-order valence-electron chi connectivity index (χ2n) is 11.2. The van der Waals surface area contributed by atoms with E-state index < -0.39 is 30.2 Å². The molecule has 0 aliphatic carbocycles. The summed E-state index contributed by atoms with van der Waals surface area (Å²) in [7, 11) is 0. The highest BCUT2D eigenvalue weighted by atomic mass is 16.7. The van der Waals surface area contributed by atoms with Crippen molar-refractivity contribution >= 4 is 0 Å². The van der Waals surface area contributed by atoms with E-state index in [-0.39, 0.29) is 19.8 Å². The predicted octanol–water partition coefficient (Wildman–Crippen LogP) is 6.64. The molecule has 1 aliphatic heterocycles. The first-order valence-electron chi connectivity index (χ1n) is 15.9. The minimum absolute atomic E-state index is 0.0247. The zero-order valence-corrected chi connectivity index (χ0v) is 26.2. The van der Waals surface area contributed by atoms with Crippen LogP contribution in [0.25, 0.3) is 0 Å². The van der Waals surface area contributed by atoms with E-state index >= 15 is 0 Å².